The topological polar surface area (TPSA) is 60.1 Å². The molecule has 3 aromatic rings. The molecule has 134 valence electrons. The van der Waals surface area contributed by atoms with Gasteiger partial charge in [-0.3, -0.25) is 0 Å². The van der Waals surface area contributed by atoms with Crippen molar-refractivity contribution in [2.45, 2.75) is 13.0 Å². The zero-order valence-corrected chi connectivity index (χ0v) is 15.4. The van der Waals surface area contributed by atoms with E-state index in [1.54, 1.807) is 6.33 Å². The van der Waals surface area contributed by atoms with E-state index >= 15 is 0 Å². The first-order chi connectivity index (χ1) is 12.8. The number of nitrogens with one attached hydrogen (secondary N) is 2. The highest BCUT2D eigenvalue weighted by atomic mass is 32.1. The predicted octanol–water partition coefficient (Wildman–Crippen LogP) is 2.54. The van der Waals surface area contributed by atoms with Gasteiger partial charge in [0.1, 0.15) is 17.8 Å². The van der Waals surface area contributed by atoms with Gasteiger partial charge in [-0.25, -0.2) is 9.97 Å². The Bertz CT molecular complexity index is 878. The zero-order chi connectivity index (χ0) is 17.8. The summed E-state index contributed by atoms with van der Waals surface area (Å²) in [6.45, 7) is 4.46. The number of aromatic nitrogens is 3. The Hall–Kier alpha value is -2.67. The Morgan fingerprint density at radius 1 is 1.08 bits per heavy atom. The second kappa shape index (κ2) is 7.70. The first-order valence-electron chi connectivity index (χ1n) is 8.91. The van der Waals surface area contributed by atoms with Gasteiger partial charge in [0.05, 0.1) is 5.39 Å². The average molecular weight is 366 g/mol. The second-order valence-corrected chi connectivity index (χ2v) is 6.80. The maximum Gasteiger partial charge on any atom is 0.169 e. The molecule has 1 aliphatic heterocycles. The number of rotatable bonds is 3. The molecule has 0 aliphatic carbocycles. The fraction of sp³-hybridized carbons (Fsp3) is 0.316. The highest BCUT2D eigenvalue weighted by molar-refractivity contribution is 7.80. The number of benzene rings is 1. The van der Waals surface area contributed by atoms with Crippen LogP contribution in [0.4, 0.5) is 5.82 Å². The van der Waals surface area contributed by atoms with Crippen molar-refractivity contribution in [2.24, 2.45) is 0 Å². The summed E-state index contributed by atoms with van der Waals surface area (Å²) in [5, 5.41) is 5.28. The number of hydrogen-bond donors (Lipinski definition) is 2. The molecule has 0 bridgehead atoms. The highest BCUT2D eigenvalue weighted by Gasteiger charge is 2.19. The number of H-pyrrole nitrogens is 1. The molecule has 2 aromatic heterocycles. The zero-order valence-electron chi connectivity index (χ0n) is 14.6. The molecule has 3 heterocycles. The minimum absolute atomic E-state index is 0.760. The number of thiocarbonyl (C=S) groups is 1. The van der Waals surface area contributed by atoms with Crippen LogP contribution in [-0.4, -0.2) is 51.1 Å². The molecule has 26 heavy (non-hydrogen) atoms. The summed E-state index contributed by atoms with van der Waals surface area (Å²) < 4.78 is 0. The summed E-state index contributed by atoms with van der Waals surface area (Å²) in [7, 11) is 0. The van der Waals surface area contributed by atoms with Gasteiger partial charge in [-0.15, -0.1) is 0 Å². The summed E-state index contributed by atoms with van der Waals surface area (Å²) in [6.07, 6.45) is 4.58. The third-order valence-corrected chi connectivity index (χ3v) is 5.10. The van der Waals surface area contributed by atoms with Gasteiger partial charge < -0.3 is 20.1 Å². The highest BCUT2D eigenvalue weighted by Crippen LogP contribution is 2.23. The fourth-order valence-corrected chi connectivity index (χ4v) is 3.58. The van der Waals surface area contributed by atoms with Crippen molar-refractivity contribution >= 4 is 34.2 Å². The summed E-state index contributed by atoms with van der Waals surface area (Å²) in [6, 6.07) is 12.4. The van der Waals surface area contributed by atoms with Crippen LogP contribution >= 0.6 is 12.2 Å². The molecule has 1 saturated heterocycles. The molecule has 0 spiro atoms. The SMILES string of the molecule is S=C(NCc1ccccc1)N1CCCN(c2ncnc3[nH]ccc23)CC1. The summed E-state index contributed by atoms with van der Waals surface area (Å²) >= 11 is 5.62. The lowest BCUT2D eigenvalue weighted by atomic mass is 10.2. The van der Waals surface area contributed by atoms with Crippen molar-refractivity contribution in [3.8, 4) is 0 Å². The molecular weight excluding hydrogens is 344 g/mol. The van der Waals surface area contributed by atoms with Crippen LogP contribution in [0, 0.1) is 0 Å². The standard InChI is InChI=1S/C19H22N6S/c26-19(21-13-15-5-2-1-3-6-15)25-10-4-9-24(11-12-25)18-16-7-8-20-17(16)22-14-23-18/h1-3,5-8,14H,4,9-13H2,(H,21,26)(H,20,22,23). The van der Waals surface area contributed by atoms with E-state index in [0.717, 1.165) is 61.1 Å². The molecule has 1 aromatic carbocycles. The van der Waals surface area contributed by atoms with Crippen molar-refractivity contribution in [2.75, 3.05) is 31.1 Å². The van der Waals surface area contributed by atoms with Crippen LogP contribution in [0.3, 0.4) is 0 Å². The van der Waals surface area contributed by atoms with Gasteiger partial charge in [0.15, 0.2) is 5.11 Å². The molecule has 1 fully saturated rings. The minimum Gasteiger partial charge on any atom is -0.358 e. The van der Waals surface area contributed by atoms with Crippen LogP contribution in [-0.2, 0) is 6.54 Å². The molecule has 7 heteroatoms. The van der Waals surface area contributed by atoms with Gasteiger partial charge in [-0.1, -0.05) is 30.3 Å². The van der Waals surface area contributed by atoms with Crippen molar-refractivity contribution in [1.29, 1.82) is 0 Å². The predicted molar refractivity (Wildman–Crippen MR) is 108 cm³/mol. The van der Waals surface area contributed by atoms with Crippen LogP contribution in [0.2, 0.25) is 0 Å². The van der Waals surface area contributed by atoms with Crippen LogP contribution in [0.1, 0.15) is 12.0 Å². The number of hydrogen-bond acceptors (Lipinski definition) is 4. The van der Waals surface area contributed by atoms with Gasteiger partial charge in [0.25, 0.3) is 0 Å². The van der Waals surface area contributed by atoms with Crippen LogP contribution in [0.5, 0.6) is 0 Å². The summed E-state index contributed by atoms with van der Waals surface area (Å²) in [4.78, 5) is 16.5. The number of aromatic amines is 1. The Balaban J connectivity index is 1.38. The van der Waals surface area contributed by atoms with Crippen molar-refractivity contribution in [3.63, 3.8) is 0 Å². The Labute approximate surface area is 158 Å². The van der Waals surface area contributed by atoms with E-state index in [1.165, 1.54) is 5.56 Å². The lowest BCUT2D eigenvalue weighted by Gasteiger charge is -2.25. The Kier molecular flexibility index (Phi) is 4.97. The first kappa shape index (κ1) is 16.8. The molecule has 0 atom stereocenters. The van der Waals surface area contributed by atoms with Crippen molar-refractivity contribution in [1.82, 2.24) is 25.2 Å². The minimum atomic E-state index is 0.760. The maximum absolute atomic E-state index is 5.62. The van der Waals surface area contributed by atoms with E-state index in [2.05, 4.69) is 42.2 Å². The monoisotopic (exact) mass is 366 g/mol. The molecule has 2 N–H and O–H groups in total. The van der Waals surface area contributed by atoms with Crippen LogP contribution in [0.25, 0.3) is 11.0 Å². The fourth-order valence-electron chi connectivity index (χ4n) is 3.33. The lowest BCUT2D eigenvalue weighted by molar-refractivity contribution is 0.439. The molecule has 0 saturated carbocycles. The van der Waals surface area contributed by atoms with Crippen LogP contribution < -0.4 is 10.2 Å². The number of nitrogens with zero attached hydrogens (tertiary/aromatic N) is 4. The largest absolute Gasteiger partial charge is 0.358 e. The van der Waals surface area contributed by atoms with Gasteiger partial charge in [-0.2, -0.15) is 0 Å². The Morgan fingerprint density at radius 2 is 1.96 bits per heavy atom. The second-order valence-electron chi connectivity index (χ2n) is 6.41. The molecule has 6 nitrogen and oxygen atoms in total. The molecular formula is C19H22N6S. The molecule has 4 rings (SSSR count). The smallest absolute Gasteiger partial charge is 0.169 e. The van der Waals surface area contributed by atoms with E-state index in [-0.39, 0.29) is 0 Å². The summed E-state index contributed by atoms with van der Waals surface area (Å²) in [5.41, 5.74) is 2.12. The lowest BCUT2D eigenvalue weighted by Crippen LogP contribution is -2.41. The molecule has 0 unspecified atom stereocenters. The number of fused-ring (bicyclic) bond motifs is 1. The van der Waals surface area contributed by atoms with Crippen molar-refractivity contribution < 1.29 is 0 Å². The van der Waals surface area contributed by atoms with Crippen LogP contribution in [0.15, 0.2) is 48.9 Å². The van der Waals surface area contributed by atoms with E-state index in [9.17, 15) is 0 Å². The third kappa shape index (κ3) is 3.62. The van der Waals surface area contributed by atoms with Gasteiger partial charge in [0, 0.05) is 38.9 Å². The van der Waals surface area contributed by atoms with Gasteiger partial charge in [-0.05, 0) is 30.3 Å². The van der Waals surface area contributed by atoms with E-state index in [1.807, 2.05) is 30.5 Å². The number of anilines is 1. The first-order valence-corrected chi connectivity index (χ1v) is 9.32. The molecule has 0 radical (unpaired) electrons. The molecule has 0 amide bonds. The molecule has 1 aliphatic rings. The van der Waals surface area contributed by atoms with E-state index in [4.69, 9.17) is 12.2 Å². The van der Waals surface area contributed by atoms with Gasteiger partial charge in [0.2, 0.25) is 0 Å². The third-order valence-electron chi connectivity index (χ3n) is 4.70. The van der Waals surface area contributed by atoms with Gasteiger partial charge >= 0.3 is 0 Å². The normalized spacial score (nSPS) is 15.1. The quantitative estimate of drug-likeness (QED) is 0.695. The average Bonchev–Trinajstić information content (AvgIpc) is 3.03. The van der Waals surface area contributed by atoms with Crippen molar-refractivity contribution in [3.05, 3.63) is 54.5 Å². The maximum atomic E-state index is 5.62. The van der Waals surface area contributed by atoms with E-state index < -0.39 is 0 Å². The van der Waals surface area contributed by atoms with E-state index in [0.29, 0.717) is 0 Å². The summed E-state index contributed by atoms with van der Waals surface area (Å²) in [5.74, 6) is 1.00. The Morgan fingerprint density at radius 3 is 2.85 bits per heavy atom.